The number of para-hydroxylation sites is 2. The van der Waals surface area contributed by atoms with Gasteiger partial charge >= 0.3 is 0 Å². The summed E-state index contributed by atoms with van der Waals surface area (Å²) in [6.45, 7) is 2.92. The van der Waals surface area contributed by atoms with E-state index in [1.54, 1.807) is 7.11 Å². The third-order valence-corrected chi connectivity index (χ3v) is 5.45. The molecule has 0 unspecified atom stereocenters. The van der Waals surface area contributed by atoms with Crippen LogP contribution in [-0.2, 0) is 24.4 Å². The van der Waals surface area contributed by atoms with Crippen LogP contribution in [0.5, 0.6) is 5.75 Å². The van der Waals surface area contributed by atoms with Crippen LogP contribution in [0, 0.1) is 0 Å². The van der Waals surface area contributed by atoms with Crippen molar-refractivity contribution in [2.45, 2.75) is 25.8 Å². The fourth-order valence-corrected chi connectivity index (χ4v) is 3.95. The number of nitrogens with one attached hydrogen (secondary N) is 2. The molecule has 0 spiro atoms. The monoisotopic (exact) mass is 388 g/mol. The van der Waals surface area contributed by atoms with E-state index >= 15 is 0 Å². The number of fused-ring (bicyclic) bond motifs is 2. The third kappa shape index (κ3) is 3.52. The highest BCUT2D eigenvalue weighted by molar-refractivity contribution is 5.82. The molecule has 1 aliphatic rings. The lowest BCUT2D eigenvalue weighted by atomic mass is 10.1. The molecule has 0 bridgehead atoms. The van der Waals surface area contributed by atoms with Gasteiger partial charge in [0.2, 0.25) is 0 Å². The number of methoxy groups -OCH3 is 1. The molecule has 1 atom stereocenters. The molecule has 2 aromatic carbocycles. The highest BCUT2D eigenvalue weighted by Crippen LogP contribution is 2.30. The Morgan fingerprint density at radius 2 is 2.07 bits per heavy atom. The van der Waals surface area contributed by atoms with E-state index in [0.29, 0.717) is 6.61 Å². The molecule has 0 saturated heterocycles. The zero-order chi connectivity index (χ0) is 19.6. The zero-order valence-electron chi connectivity index (χ0n) is 16.4. The predicted molar refractivity (Wildman–Crippen MR) is 113 cm³/mol. The van der Waals surface area contributed by atoms with Crippen molar-refractivity contribution < 1.29 is 9.47 Å². The second kappa shape index (κ2) is 7.73. The number of aromatic amines is 1. The molecule has 2 aromatic heterocycles. The Kier molecular flexibility index (Phi) is 4.79. The average Bonchev–Trinajstić information content (AvgIpc) is 3.38. The third-order valence-electron chi connectivity index (χ3n) is 5.45. The normalized spacial score (nSPS) is 16.1. The van der Waals surface area contributed by atoms with Crippen LogP contribution >= 0.6 is 0 Å². The summed E-state index contributed by atoms with van der Waals surface area (Å²) in [6, 6.07) is 16.3. The van der Waals surface area contributed by atoms with Crippen molar-refractivity contribution in [3.8, 4) is 17.0 Å². The van der Waals surface area contributed by atoms with E-state index in [1.165, 1.54) is 16.5 Å². The quantitative estimate of drug-likeness (QED) is 0.528. The second-order valence-electron chi connectivity index (χ2n) is 7.32. The van der Waals surface area contributed by atoms with Gasteiger partial charge in [0.05, 0.1) is 25.5 Å². The summed E-state index contributed by atoms with van der Waals surface area (Å²) in [5.74, 6) is 1.79. The Morgan fingerprint density at radius 1 is 1.21 bits per heavy atom. The Morgan fingerprint density at radius 3 is 3.00 bits per heavy atom. The van der Waals surface area contributed by atoms with Gasteiger partial charge in [-0.2, -0.15) is 0 Å². The number of aromatic nitrogens is 3. The Labute approximate surface area is 169 Å². The van der Waals surface area contributed by atoms with Crippen LogP contribution in [0.4, 0.5) is 0 Å². The molecule has 0 radical (unpaired) electrons. The summed E-state index contributed by atoms with van der Waals surface area (Å²) in [4.78, 5) is 8.08. The van der Waals surface area contributed by atoms with Crippen molar-refractivity contribution in [3.63, 3.8) is 0 Å². The number of H-pyrrole nitrogens is 1. The van der Waals surface area contributed by atoms with E-state index in [1.807, 2.05) is 30.3 Å². The maximum absolute atomic E-state index is 6.03. The molecule has 3 heterocycles. The van der Waals surface area contributed by atoms with Crippen molar-refractivity contribution in [1.29, 1.82) is 0 Å². The summed E-state index contributed by atoms with van der Waals surface area (Å²) in [5.41, 5.74) is 4.38. The lowest BCUT2D eigenvalue weighted by molar-refractivity contribution is 0.00279. The summed E-state index contributed by atoms with van der Waals surface area (Å²) in [7, 11) is 1.69. The SMILES string of the molecule is COc1ccccc1-c1cn2c(n1)CO[C@@H](CNCc1c[nH]c3ccccc13)C2. The second-order valence-corrected chi connectivity index (χ2v) is 7.32. The van der Waals surface area contributed by atoms with Gasteiger partial charge in [0, 0.05) is 41.9 Å². The largest absolute Gasteiger partial charge is 0.496 e. The number of hydrogen-bond donors (Lipinski definition) is 2. The number of hydrogen-bond acceptors (Lipinski definition) is 4. The minimum absolute atomic E-state index is 0.118. The molecule has 148 valence electrons. The van der Waals surface area contributed by atoms with Crippen molar-refractivity contribution in [2.75, 3.05) is 13.7 Å². The van der Waals surface area contributed by atoms with Gasteiger partial charge in [0.15, 0.2) is 0 Å². The number of ether oxygens (including phenoxy) is 2. The highest BCUT2D eigenvalue weighted by atomic mass is 16.5. The summed E-state index contributed by atoms with van der Waals surface area (Å²) in [6.07, 6.45) is 4.29. The van der Waals surface area contributed by atoms with Crippen LogP contribution in [0.1, 0.15) is 11.4 Å². The molecule has 6 nitrogen and oxygen atoms in total. The molecular formula is C23H24N4O2. The minimum Gasteiger partial charge on any atom is -0.496 e. The van der Waals surface area contributed by atoms with Gasteiger partial charge in [-0.15, -0.1) is 0 Å². The number of imidazole rings is 1. The van der Waals surface area contributed by atoms with E-state index in [2.05, 4.69) is 45.5 Å². The first-order valence-corrected chi connectivity index (χ1v) is 9.88. The minimum atomic E-state index is 0.118. The molecule has 2 N–H and O–H groups in total. The maximum atomic E-state index is 6.03. The molecule has 0 saturated carbocycles. The van der Waals surface area contributed by atoms with Crippen molar-refractivity contribution in [2.24, 2.45) is 0 Å². The first kappa shape index (κ1) is 18.0. The van der Waals surface area contributed by atoms with E-state index in [9.17, 15) is 0 Å². The fraction of sp³-hybridized carbons (Fsp3) is 0.261. The molecule has 0 fully saturated rings. The first-order chi connectivity index (χ1) is 14.3. The van der Waals surface area contributed by atoms with Crippen LogP contribution < -0.4 is 10.1 Å². The molecule has 5 rings (SSSR count). The Balaban J connectivity index is 1.24. The maximum Gasteiger partial charge on any atom is 0.135 e. The zero-order valence-corrected chi connectivity index (χ0v) is 16.4. The highest BCUT2D eigenvalue weighted by Gasteiger charge is 2.22. The fourth-order valence-electron chi connectivity index (χ4n) is 3.95. The molecule has 0 amide bonds. The molecule has 4 aromatic rings. The number of rotatable bonds is 6. The van der Waals surface area contributed by atoms with Crippen LogP contribution in [0.25, 0.3) is 22.2 Å². The first-order valence-electron chi connectivity index (χ1n) is 9.88. The van der Waals surface area contributed by atoms with E-state index in [-0.39, 0.29) is 6.10 Å². The van der Waals surface area contributed by atoms with Gasteiger partial charge in [0.1, 0.15) is 18.2 Å². The standard InChI is InChI=1S/C23H24N4O2/c1-28-22-9-5-3-7-19(22)21-14-27-13-17(29-15-23(27)26-21)12-24-10-16-11-25-20-8-4-2-6-18(16)20/h2-9,11,14,17,24-25H,10,12-13,15H2,1H3/t17-/m0/s1. The van der Waals surface area contributed by atoms with E-state index in [0.717, 1.165) is 42.5 Å². The molecule has 1 aliphatic heterocycles. The van der Waals surface area contributed by atoms with Crippen molar-refractivity contribution >= 4 is 10.9 Å². The molecule has 29 heavy (non-hydrogen) atoms. The van der Waals surface area contributed by atoms with Gasteiger partial charge in [-0.3, -0.25) is 0 Å². The smallest absolute Gasteiger partial charge is 0.135 e. The Hall–Kier alpha value is -3.09. The molecular weight excluding hydrogens is 364 g/mol. The summed E-state index contributed by atoms with van der Waals surface area (Å²) < 4.78 is 13.7. The predicted octanol–water partition coefficient (Wildman–Crippen LogP) is 3.73. The number of nitrogens with zero attached hydrogens (tertiary/aromatic N) is 2. The average molecular weight is 388 g/mol. The van der Waals surface area contributed by atoms with Gasteiger partial charge < -0.3 is 24.3 Å². The Bertz CT molecular complexity index is 1130. The van der Waals surface area contributed by atoms with Crippen LogP contribution in [0.3, 0.4) is 0 Å². The van der Waals surface area contributed by atoms with Crippen molar-refractivity contribution in [1.82, 2.24) is 19.9 Å². The van der Waals surface area contributed by atoms with Crippen molar-refractivity contribution in [3.05, 3.63) is 72.3 Å². The molecule has 0 aliphatic carbocycles. The van der Waals surface area contributed by atoms with Gasteiger partial charge in [-0.05, 0) is 23.8 Å². The van der Waals surface area contributed by atoms with E-state index < -0.39 is 0 Å². The van der Waals surface area contributed by atoms with Crippen LogP contribution in [0.15, 0.2) is 60.9 Å². The number of benzene rings is 2. The summed E-state index contributed by atoms with van der Waals surface area (Å²) in [5, 5.41) is 4.81. The van der Waals surface area contributed by atoms with Gasteiger partial charge in [0.25, 0.3) is 0 Å². The van der Waals surface area contributed by atoms with Gasteiger partial charge in [-0.1, -0.05) is 30.3 Å². The van der Waals surface area contributed by atoms with E-state index in [4.69, 9.17) is 14.5 Å². The lowest BCUT2D eigenvalue weighted by Crippen LogP contribution is -2.35. The molecule has 6 heteroatoms. The topological polar surface area (TPSA) is 64.1 Å². The summed E-state index contributed by atoms with van der Waals surface area (Å²) >= 11 is 0. The lowest BCUT2D eigenvalue weighted by Gasteiger charge is -2.24. The van der Waals surface area contributed by atoms with Gasteiger partial charge in [-0.25, -0.2) is 4.98 Å². The van der Waals surface area contributed by atoms with Crippen LogP contribution in [-0.4, -0.2) is 34.3 Å². The van der Waals surface area contributed by atoms with Crippen LogP contribution in [0.2, 0.25) is 0 Å².